The van der Waals surface area contributed by atoms with E-state index in [0.717, 1.165) is 11.1 Å². The standard InChI is InChI=1S/C13H16ClN3O2/c1-7(2)19-12-5-10(14)8(4-11(12)18-3)9-6-16-17-13(9)15/h4-7H,1-3H3,(H3,15,16,17). The van der Waals surface area contributed by atoms with Crippen LogP contribution in [0.4, 0.5) is 5.82 Å². The highest BCUT2D eigenvalue weighted by atomic mass is 35.5. The van der Waals surface area contributed by atoms with Crippen LogP contribution in [0.15, 0.2) is 18.3 Å². The number of benzene rings is 1. The van der Waals surface area contributed by atoms with Gasteiger partial charge in [-0.3, -0.25) is 5.10 Å². The summed E-state index contributed by atoms with van der Waals surface area (Å²) in [5, 5.41) is 7.09. The summed E-state index contributed by atoms with van der Waals surface area (Å²) in [6, 6.07) is 3.52. The van der Waals surface area contributed by atoms with E-state index in [-0.39, 0.29) is 6.10 Å². The van der Waals surface area contributed by atoms with Crippen LogP contribution in [0.5, 0.6) is 11.5 Å². The smallest absolute Gasteiger partial charge is 0.163 e. The topological polar surface area (TPSA) is 73.2 Å². The average Bonchev–Trinajstić information content (AvgIpc) is 2.75. The van der Waals surface area contributed by atoms with E-state index in [0.29, 0.717) is 22.3 Å². The Morgan fingerprint density at radius 3 is 2.53 bits per heavy atom. The molecule has 0 bridgehead atoms. The van der Waals surface area contributed by atoms with Crippen LogP contribution >= 0.6 is 11.6 Å². The average molecular weight is 282 g/mol. The van der Waals surface area contributed by atoms with Gasteiger partial charge in [0.15, 0.2) is 11.5 Å². The largest absolute Gasteiger partial charge is 0.493 e. The molecule has 1 heterocycles. The second kappa shape index (κ2) is 5.40. The summed E-state index contributed by atoms with van der Waals surface area (Å²) in [6.07, 6.45) is 1.66. The molecule has 0 fully saturated rings. The Hall–Kier alpha value is -1.88. The Kier molecular flexibility index (Phi) is 3.85. The third-order valence-electron chi connectivity index (χ3n) is 2.57. The highest BCUT2D eigenvalue weighted by molar-refractivity contribution is 6.33. The van der Waals surface area contributed by atoms with Crippen molar-refractivity contribution in [2.45, 2.75) is 20.0 Å². The maximum absolute atomic E-state index is 6.27. The normalized spacial score (nSPS) is 10.8. The third kappa shape index (κ3) is 2.76. The van der Waals surface area contributed by atoms with E-state index in [1.54, 1.807) is 25.4 Å². The van der Waals surface area contributed by atoms with Crippen LogP contribution in [-0.2, 0) is 0 Å². The van der Waals surface area contributed by atoms with Gasteiger partial charge in [0.05, 0.1) is 24.4 Å². The van der Waals surface area contributed by atoms with Crippen molar-refractivity contribution in [3.05, 3.63) is 23.4 Å². The summed E-state index contributed by atoms with van der Waals surface area (Å²) >= 11 is 6.27. The fourth-order valence-corrected chi connectivity index (χ4v) is 2.01. The van der Waals surface area contributed by atoms with Crippen LogP contribution in [0.2, 0.25) is 5.02 Å². The molecule has 5 nitrogen and oxygen atoms in total. The lowest BCUT2D eigenvalue weighted by Crippen LogP contribution is -2.06. The molecule has 2 rings (SSSR count). The van der Waals surface area contributed by atoms with E-state index in [2.05, 4.69) is 10.2 Å². The van der Waals surface area contributed by atoms with E-state index in [1.807, 2.05) is 13.8 Å². The number of H-pyrrole nitrogens is 1. The van der Waals surface area contributed by atoms with E-state index < -0.39 is 0 Å². The lowest BCUT2D eigenvalue weighted by Gasteiger charge is -2.15. The van der Waals surface area contributed by atoms with Crippen molar-refractivity contribution >= 4 is 17.4 Å². The highest BCUT2D eigenvalue weighted by Gasteiger charge is 2.15. The zero-order chi connectivity index (χ0) is 14.0. The van der Waals surface area contributed by atoms with E-state index in [4.69, 9.17) is 26.8 Å². The summed E-state index contributed by atoms with van der Waals surface area (Å²) in [5.74, 6) is 1.67. The third-order valence-corrected chi connectivity index (χ3v) is 2.89. The van der Waals surface area contributed by atoms with Gasteiger partial charge in [0, 0.05) is 17.2 Å². The second-order valence-electron chi connectivity index (χ2n) is 4.35. The number of aromatic amines is 1. The van der Waals surface area contributed by atoms with Crippen molar-refractivity contribution in [3.8, 4) is 22.6 Å². The number of anilines is 1. The van der Waals surface area contributed by atoms with Crippen LogP contribution in [0.3, 0.4) is 0 Å². The maximum Gasteiger partial charge on any atom is 0.163 e. The molecule has 0 atom stereocenters. The van der Waals surface area contributed by atoms with Gasteiger partial charge in [0.1, 0.15) is 5.82 Å². The molecule has 0 spiro atoms. The molecule has 0 saturated heterocycles. The first-order valence-corrected chi connectivity index (χ1v) is 6.24. The molecule has 1 aromatic heterocycles. The van der Waals surface area contributed by atoms with Gasteiger partial charge in [0.2, 0.25) is 0 Å². The molecule has 19 heavy (non-hydrogen) atoms. The number of halogens is 1. The van der Waals surface area contributed by atoms with Gasteiger partial charge in [0.25, 0.3) is 0 Å². The molecule has 3 N–H and O–H groups in total. The summed E-state index contributed by atoms with van der Waals surface area (Å²) in [6.45, 7) is 3.88. The van der Waals surface area contributed by atoms with E-state index >= 15 is 0 Å². The fraction of sp³-hybridized carbons (Fsp3) is 0.308. The van der Waals surface area contributed by atoms with E-state index in [1.165, 1.54) is 0 Å². The number of rotatable bonds is 4. The SMILES string of the molecule is COc1cc(-c2cn[nH]c2N)c(Cl)cc1OC(C)C. The van der Waals surface area contributed by atoms with Crippen molar-refractivity contribution in [2.75, 3.05) is 12.8 Å². The number of methoxy groups -OCH3 is 1. The van der Waals surface area contributed by atoms with Gasteiger partial charge in [-0.25, -0.2) is 0 Å². The number of nitrogen functional groups attached to an aromatic ring is 1. The summed E-state index contributed by atoms with van der Waals surface area (Å²) < 4.78 is 11.0. The quantitative estimate of drug-likeness (QED) is 0.903. The Labute approximate surface area is 116 Å². The Balaban J connectivity index is 2.50. The molecule has 102 valence electrons. The Morgan fingerprint density at radius 2 is 2.00 bits per heavy atom. The monoisotopic (exact) mass is 281 g/mol. The van der Waals surface area contributed by atoms with E-state index in [9.17, 15) is 0 Å². The molecule has 0 aliphatic carbocycles. The van der Waals surface area contributed by atoms with Crippen molar-refractivity contribution in [3.63, 3.8) is 0 Å². The predicted molar refractivity (Wildman–Crippen MR) is 75.8 cm³/mol. The number of nitrogens with one attached hydrogen (secondary N) is 1. The van der Waals surface area contributed by atoms with Crippen LogP contribution in [0, 0.1) is 0 Å². The van der Waals surface area contributed by atoms with Gasteiger partial charge in [-0.05, 0) is 19.9 Å². The minimum Gasteiger partial charge on any atom is -0.493 e. The summed E-state index contributed by atoms with van der Waals surface area (Å²) in [5.41, 5.74) is 7.29. The van der Waals surface area contributed by atoms with Gasteiger partial charge >= 0.3 is 0 Å². The zero-order valence-corrected chi connectivity index (χ0v) is 11.8. The molecular weight excluding hydrogens is 266 g/mol. The number of nitrogens with two attached hydrogens (primary N) is 1. The Bertz CT molecular complexity index is 581. The molecular formula is C13H16ClN3O2. The number of nitrogens with zero attached hydrogens (tertiary/aromatic N) is 1. The van der Waals surface area contributed by atoms with Crippen molar-refractivity contribution < 1.29 is 9.47 Å². The minimum absolute atomic E-state index is 0.0369. The first-order chi connectivity index (χ1) is 9.02. The lowest BCUT2D eigenvalue weighted by atomic mass is 10.1. The van der Waals surface area contributed by atoms with Crippen LogP contribution in [0.25, 0.3) is 11.1 Å². The minimum atomic E-state index is 0.0369. The number of hydrogen-bond acceptors (Lipinski definition) is 4. The van der Waals surface area contributed by atoms with Gasteiger partial charge in [-0.2, -0.15) is 5.10 Å². The Morgan fingerprint density at radius 1 is 1.26 bits per heavy atom. The van der Waals surface area contributed by atoms with Gasteiger partial charge in [-0.1, -0.05) is 11.6 Å². The van der Waals surface area contributed by atoms with Crippen LogP contribution in [0.1, 0.15) is 13.8 Å². The van der Waals surface area contributed by atoms with Gasteiger partial charge in [-0.15, -0.1) is 0 Å². The number of hydrogen-bond donors (Lipinski definition) is 2. The fourth-order valence-electron chi connectivity index (χ4n) is 1.76. The molecule has 6 heteroatoms. The molecule has 0 radical (unpaired) electrons. The molecule has 0 unspecified atom stereocenters. The van der Waals surface area contributed by atoms with Gasteiger partial charge < -0.3 is 15.2 Å². The van der Waals surface area contributed by atoms with Crippen molar-refractivity contribution in [1.29, 1.82) is 0 Å². The summed E-state index contributed by atoms with van der Waals surface area (Å²) in [4.78, 5) is 0. The zero-order valence-electron chi connectivity index (χ0n) is 11.0. The molecule has 0 aliphatic heterocycles. The second-order valence-corrected chi connectivity index (χ2v) is 4.75. The van der Waals surface area contributed by atoms with Crippen LogP contribution < -0.4 is 15.2 Å². The molecule has 0 aliphatic rings. The number of ether oxygens (including phenoxy) is 2. The molecule has 2 aromatic rings. The predicted octanol–water partition coefficient (Wildman–Crippen LogP) is 3.11. The van der Waals surface area contributed by atoms with Crippen molar-refractivity contribution in [2.24, 2.45) is 0 Å². The molecule has 0 amide bonds. The lowest BCUT2D eigenvalue weighted by molar-refractivity contribution is 0.230. The first kappa shape index (κ1) is 13.5. The maximum atomic E-state index is 6.27. The molecule has 1 aromatic carbocycles. The van der Waals surface area contributed by atoms with Crippen molar-refractivity contribution in [1.82, 2.24) is 10.2 Å². The molecule has 0 saturated carbocycles. The number of aromatic nitrogens is 2. The highest BCUT2D eigenvalue weighted by Crippen LogP contribution is 2.40. The van der Waals surface area contributed by atoms with Crippen LogP contribution in [-0.4, -0.2) is 23.4 Å². The first-order valence-electron chi connectivity index (χ1n) is 5.86. The summed E-state index contributed by atoms with van der Waals surface area (Å²) in [7, 11) is 1.58.